The predicted molar refractivity (Wildman–Crippen MR) is 60.9 cm³/mol. The Hall–Kier alpha value is -0.410. The van der Waals surface area contributed by atoms with Crippen LogP contribution in [0.1, 0.15) is 34.1 Å². The summed E-state index contributed by atoms with van der Waals surface area (Å²) in [5.41, 5.74) is 0. The van der Waals surface area contributed by atoms with Crippen molar-refractivity contribution in [1.29, 1.82) is 0 Å². The molecule has 0 aromatic rings. The van der Waals surface area contributed by atoms with Gasteiger partial charge in [0, 0.05) is 23.7 Å². The maximum absolute atomic E-state index is 12.2. The molecule has 0 unspecified atom stereocenters. The molecule has 3 heteroatoms. The van der Waals surface area contributed by atoms with Gasteiger partial charge in [-0.3, -0.25) is 4.79 Å². The van der Waals surface area contributed by atoms with E-state index in [0.29, 0.717) is 30.8 Å². The third kappa shape index (κ3) is 1.70. The number of Topliss-reactive ketones (excluding diaryl/α,β-unsaturated/α-hetero) is 1. The second-order valence-electron chi connectivity index (χ2n) is 5.41. The zero-order chi connectivity index (χ0) is 11.9. The minimum absolute atomic E-state index is 0.0422. The largest absolute Gasteiger partial charge is 0.350 e. The second kappa shape index (κ2) is 4.11. The van der Waals surface area contributed by atoms with Crippen molar-refractivity contribution in [2.45, 2.75) is 39.9 Å². The highest BCUT2D eigenvalue weighted by atomic mass is 16.7. The molecule has 0 aromatic carbocycles. The van der Waals surface area contributed by atoms with Crippen molar-refractivity contribution in [3.8, 4) is 0 Å². The van der Waals surface area contributed by atoms with Crippen molar-refractivity contribution in [3.05, 3.63) is 0 Å². The maximum Gasteiger partial charge on any atom is 0.168 e. The van der Waals surface area contributed by atoms with Crippen LogP contribution in [0, 0.1) is 23.7 Å². The molecule has 0 spiro atoms. The Morgan fingerprint density at radius 1 is 1.44 bits per heavy atom. The molecule has 0 radical (unpaired) electrons. The molecule has 5 atom stereocenters. The summed E-state index contributed by atoms with van der Waals surface area (Å²) in [6.45, 7) is 9.40. The topological polar surface area (TPSA) is 35.5 Å². The number of ketones is 1. The second-order valence-corrected chi connectivity index (χ2v) is 5.41. The molecule has 0 aromatic heterocycles. The van der Waals surface area contributed by atoms with E-state index in [0.717, 1.165) is 6.42 Å². The minimum Gasteiger partial charge on any atom is -0.350 e. The third-order valence-electron chi connectivity index (χ3n) is 4.56. The first-order valence-corrected chi connectivity index (χ1v) is 6.31. The first-order valence-electron chi connectivity index (χ1n) is 6.31. The van der Waals surface area contributed by atoms with Crippen molar-refractivity contribution in [3.63, 3.8) is 0 Å². The maximum atomic E-state index is 12.2. The van der Waals surface area contributed by atoms with E-state index in [1.807, 2.05) is 13.8 Å². The first kappa shape index (κ1) is 12.1. The molecule has 16 heavy (non-hydrogen) atoms. The number of fused-ring (bicyclic) bond motifs is 2. The lowest BCUT2D eigenvalue weighted by atomic mass is 9.75. The van der Waals surface area contributed by atoms with Crippen molar-refractivity contribution in [2.75, 3.05) is 13.2 Å². The molecule has 3 nitrogen and oxygen atoms in total. The van der Waals surface area contributed by atoms with Crippen LogP contribution in [-0.2, 0) is 14.3 Å². The molecular weight excluding hydrogens is 204 g/mol. The van der Waals surface area contributed by atoms with E-state index in [1.54, 1.807) is 0 Å². The lowest BCUT2D eigenvalue weighted by Gasteiger charge is -2.38. The van der Waals surface area contributed by atoms with Crippen LogP contribution in [0.5, 0.6) is 0 Å². The molecule has 2 bridgehead atoms. The fraction of sp³-hybridized carbons (Fsp3) is 0.923. The van der Waals surface area contributed by atoms with Crippen LogP contribution >= 0.6 is 0 Å². The third-order valence-corrected chi connectivity index (χ3v) is 4.56. The zero-order valence-corrected chi connectivity index (χ0v) is 10.7. The standard InChI is InChI=1S/C13H22O3/c1-5-8(2)12(14)11-7-16-13(4)9(3)10(11)6-15-13/h8-11H,5-7H2,1-4H3/t8-,9-,10+,11-,13+/m1/s1. The summed E-state index contributed by atoms with van der Waals surface area (Å²) >= 11 is 0. The Morgan fingerprint density at radius 2 is 2.06 bits per heavy atom. The van der Waals surface area contributed by atoms with E-state index in [9.17, 15) is 4.79 Å². The zero-order valence-electron chi connectivity index (χ0n) is 10.7. The van der Waals surface area contributed by atoms with Crippen molar-refractivity contribution < 1.29 is 14.3 Å². The average Bonchev–Trinajstić information content (AvgIpc) is 2.49. The molecule has 2 fully saturated rings. The van der Waals surface area contributed by atoms with E-state index in [-0.39, 0.29) is 11.8 Å². The van der Waals surface area contributed by atoms with Crippen LogP contribution < -0.4 is 0 Å². The predicted octanol–water partition coefficient (Wildman–Crippen LogP) is 2.25. The van der Waals surface area contributed by atoms with Crippen LogP contribution in [0.2, 0.25) is 0 Å². The number of carbonyl (C=O) groups excluding carboxylic acids is 1. The van der Waals surface area contributed by atoms with Gasteiger partial charge in [-0.25, -0.2) is 0 Å². The smallest absolute Gasteiger partial charge is 0.168 e. The fourth-order valence-corrected chi connectivity index (χ4v) is 2.80. The minimum atomic E-state index is -0.448. The lowest BCUT2D eigenvalue weighted by Crippen LogP contribution is -2.46. The van der Waals surface area contributed by atoms with E-state index >= 15 is 0 Å². The van der Waals surface area contributed by atoms with Gasteiger partial charge in [0.2, 0.25) is 0 Å². The number of ether oxygens (including phenoxy) is 2. The lowest BCUT2D eigenvalue weighted by molar-refractivity contribution is -0.231. The summed E-state index contributed by atoms with van der Waals surface area (Å²) in [6.07, 6.45) is 0.911. The Labute approximate surface area is 97.5 Å². The number of carbonyl (C=O) groups is 1. The summed E-state index contributed by atoms with van der Waals surface area (Å²) in [4.78, 5) is 12.2. The summed E-state index contributed by atoms with van der Waals surface area (Å²) < 4.78 is 11.4. The van der Waals surface area contributed by atoms with Crippen LogP contribution in [0.15, 0.2) is 0 Å². The van der Waals surface area contributed by atoms with Crippen LogP contribution in [0.4, 0.5) is 0 Å². The number of rotatable bonds is 3. The van der Waals surface area contributed by atoms with Gasteiger partial charge in [-0.2, -0.15) is 0 Å². The Kier molecular flexibility index (Phi) is 3.10. The number of hydrogen-bond donors (Lipinski definition) is 0. The summed E-state index contributed by atoms with van der Waals surface area (Å²) in [6, 6.07) is 0. The highest BCUT2D eigenvalue weighted by Gasteiger charge is 2.53. The van der Waals surface area contributed by atoms with E-state index < -0.39 is 5.79 Å². The Bertz CT molecular complexity index is 289. The summed E-state index contributed by atoms with van der Waals surface area (Å²) in [7, 11) is 0. The molecule has 2 saturated heterocycles. The molecule has 0 amide bonds. The first-order chi connectivity index (χ1) is 7.49. The molecule has 2 heterocycles. The van der Waals surface area contributed by atoms with Gasteiger partial charge in [0.25, 0.3) is 0 Å². The monoisotopic (exact) mass is 226 g/mol. The van der Waals surface area contributed by atoms with Crippen molar-refractivity contribution in [2.24, 2.45) is 23.7 Å². The van der Waals surface area contributed by atoms with Crippen LogP contribution in [-0.4, -0.2) is 24.8 Å². The summed E-state index contributed by atoms with van der Waals surface area (Å²) in [5.74, 6) is 0.759. The Morgan fingerprint density at radius 3 is 2.69 bits per heavy atom. The average molecular weight is 226 g/mol. The normalized spacial score (nSPS) is 44.4. The van der Waals surface area contributed by atoms with Gasteiger partial charge in [0.15, 0.2) is 5.79 Å². The highest BCUT2D eigenvalue weighted by Crippen LogP contribution is 2.46. The van der Waals surface area contributed by atoms with Gasteiger partial charge in [0.05, 0.1) is 13.2 Å². The van der Waals surface area contributed by atoms with Gasteiger partial charge in [0.1, 0.15) is 5.78 Å². The van der Waals surface area contributed by atoms with Gasteiger partial charge in [-0.1, -0.05) is 20.8 Å². The van der Waals surface area contributed by atoms with Crippen LogP contribution in [0.3, 0.4) is 0 Å². The fourth-order valence-electron chi connectivity index (χ4n) is 2.80. The molecule has 2 rings (SSSR count). The van der Waals surface area contributed by atoms with Crippen LogP contribution in [0.25, 0.3) is 0 Å². The van der Waals surface area contributed by atoms with Gasteiger partial charge >= 0.3 is 0 Å². The SMILES string of the molecule is CC[C@@H](C)C(=O)[C@@H]1CO[C@]2(C)OC[C@H]1[C@H]2C. The van der Waals surface area contributed by atoms with Gasteiger partial charge in [-0.15, -0.1) is 0 Å². The Balaban J connectivity index is 2.12. The molecule has 2 aliphatic heterocycles. The molecular formula is C13H22O3. The van der Waals surface area contributed by atoms with E-state index in [2.05, 4.69) is 13.8 Å². The van der Waals surface area contributed by atoms with Gasteiger partial charge in [-0.05, 0) is 13.3 Å². The van der Waals surface area contributed by atoms with Crippen molar-refractivity contribution in [1.82, 2.24) is 0 Å². The molecule has 0 N–H and O–H groups in total. The molecule has 92 valence electrons. The molecule has 0 saturated carbocycles. The molecule has 2 aliphatic rings. The molecule has 0 aliphatic carbocycles. The van der Waals surface area contributed by atoms with Crippen molar-refractivity contribution >= 4 is 5.78 Å². The number of hydrogen-bond acceptors (Lipinski definition) is 3. The van der Waals surface area contributed by atoms with Gasteiger partial charge < -0.3 is 9.47 Å². The quantitative estimate of drug-likeness (QED) is 0.740. The summed E-state index contributed by atoms with van der Waals surface area (Å²) in [5, 5.41) is 0. The van der Waals surface area contributed by atoms with E-state index in [1.165, 1.54) is 0 Å². The highest BCUT2D eigenvalue weighted by molar-refractivity contribution is 5.83. The van der Waals surface area contributed by atoms with E-state index in [4.69, 9.17) is 9.47 Å².